The third-order valence-corrected chi connectivity index (χ3v) is 3.72. The first-order chi connectivity index (χ1) is 9.56. The number of hydroxylamine groups is 2. The highest BCUT2D eigenvalue weighted by Gasteiger charge is 2.41. The Bertz CT molecular complexity index is 719. The Morgan fingerprint density at radius 1 is 1.40 bits per heavy atom. The lowest BCUT2D eigenvalue weighted by molar-refractivity contribution is -0.146. The fourth-order valence-corrected chi connectivity index (χ4v) is 2.92. The monoisotopic (exact) mass is 274 g/mol. The second kappa shape index (κ2) is 4.35. The van der Waals surface area contributed by atoms with Crippen LogP contribution >= 0.6 is 0 Å². The summed E-state index contributed by atoms with van der Waals surface area (Å²) >= 11 is 0. The van der Waals surface area contributed by atoms with Gasteiger partial charge in [-0.1, -0.05) is 18.2 Å². The maximum absolute atomic E-state index is 12.4. The Morgan fingerprint density at radius 2 is 2.10 bits per heavy atom. The maximum Gasteiger partial charge on any atom is 0.353 e. The minimum atomic E-state index is -0.969. The third kappa shape index (κ3) is 1.55. The van der Waals surface area contributed by atoms with E-state index < -0.39 is 12.0 Å². The molecule has 0 spiro atoms. The van der Waals surface area contributed by atoms with Gasteiger partial charge in [-0.2, -0.15) is 5.06 Å². The molecule has 1 aromatic carbocycles. The predicted molar refractivity (Wildman–Crippen MR) is 71.3 cm³/mol. The molecule has 0 saturated heterocycles. The maximum atomic E-state index is 12.4. The summed E-state index contributed by atoms with van der Waals surface area (Å²) in [5, 5.41) is 11.2. The minimum Gasteiger partial charge on any atom is -0.481 e. The topological polar surface area (TPSA) is 71.8 Å². The molecule has 104 valence electrons. The van der Waals surface area contributed by atoms with Gasteiger partial charge in [-0.05, 0) is 18.6 Å². The molecule has 0 bridgehead atoms. The van der Waals surface area contributed by atoms with Crippen LogP contribution in [0.1, 0.15) is 23.7 Å². The van der Waals surface area contributed by atoms with E-state index in [4.69, 9.17) is 9.94 Å². The standard InChI is InChI=1S/C14H14N2O4/c1-8-9-5-3-4-6-10(9)15-13(8)11(7-12(17)18)16(20-2)14(15)19/h3-6,11H,7H2,1-2H3,(H,17,18). The molecular formula is C14H14N2O4. The summed E-state index contributed by atoms with van der Waals surface area (Å²) in [5.74, 6) is -0.969. The number of carboxylic acids is 1. The molecule has 20 heavy (non-hydrogen) atoms. The summed E-state index contributed by atoms with van der Waals surface area (Å²) in [4.78, 5) is 28.6. The van der Waals surface area contributed by atoms with Gasteiger partial charge in [-0.15, -0.1) is 0 Å². The Balaban J connectivity index is 2.27. The molecule has 0 aliphatic carbocycles. The SMILES string of the molecule is CON1C(=O)n2c(c(C)c3ccccc32)C1CC(=O)O. The predicted octanol–water partition coefficient (Wildman–Crippen LogP) is 2.31. The minimum absolute atomic E-state index is 0.184. The number of amides is 1. The Labute approximate surface area is 115 Å². The lowest BCUT2D eigenvalue weighted by atomic mass is 10.1. The number of hydrogen-bond donors (Lipinski definition) is 1. The first-order valence-electron chi connectivity index (χ1n) is 6.25. The number of aliphatic carboxylic acids is 1. The fourth-order valence-electron chi connectivity index (χ4n) is 2.92. The van der Waals surface area contributed by atoms with E-state index in [0.29, 0.717) is 5.69 Å². The highest BCUT2D eigenvalue weighted by molar-refractivity contribution is 5.97. The van der Waals surface area contributed by atoms with Crippen molar-refractivity contribution < 1.29 is 19.5 Å². The molecule has 1 atom stereocenters. The summed E-state index contributed by atoms with van der Waals surface area (Å²) < 4.78 is 1.54. The van der Waals surface area contributed by atoms with Crippen molar-refractivity contribution in [2.75, 3.05) is 7.11 Å². The average Bonchev–Trinajstić information content (AvgIpc) is 2.85. The lowest BCUT2D eigenvalue weighted by Crippen LogP contribution is -2.29. The molecule has 1 N–H and O–H groups in total. The van der Waals surface area contributed by atoms with Gasteiger partial charge in [0.05, 0.1) is 24.7 Å². The second-order valence-corrected chi connectivity index (χ2v) is 4.77. The van der Waals surface area contributed by atoms with Crippen LogP contribution in [-0.4, -0.2) is 33.8 Å². The number of carboxylic acid groups (broad SMARTS) is 1. The molecule has 1 unspecified atom stereocenters. The second-order valence-electron chi connectivity index (χ2n) is 4.77. The third-order valence-electron chi connectivity index (χ3n) is 3.72. The zero-order chi connectivity index (χ0) is 14.4. The van der Waals surface area contributed by atoms with E-state index in [1.165, 1.54) is 7.11 Å². The van der Waals surface area contributed by atoms with Gasteiger partial charge in [-0.3, -0.25) is 14.2 Å². The summed E-state index contributed by atoms with van der Waals surface area (Å²) in [5.41, 5.74) is 2.39. The van der Waals surface area contributed by atoms with Crippen molar-refractivity contribution in [2.24, 2.45) is 0 Å². The summed E-state index contributed by atoms with van der Waals surface area (Å²) in [6.07, 6.45) is -0.184. The van der Waals surface area contributed by atoms with Gasteiger partial charge in [0.15, 0.2) is 0 Å². The van der Waals surface area contributed by atoms with Crippen molar-refractivity contribution in [2.45, 2.75) is 19.4 Å². The summed E-state index contributed by atoms with van der Waals surface area (Å²) in [6, 6.07) is 6.58. The first-order valence-corrected chi connectivity index (χ1v) is 6.25. The van der Waals surface area contributed by atoms with E-state index in [0.717, 1.165) is 21.5 Å². The van der Waals surface area contributed by atoms with Crippen molar-refractivity contribution >= 4 is 22.9 Å². The molecule has 1 aliphatic heterocycles. The zero-order valence-corrected chi connectivity index (χ0v) is 11.2. The number of nitrogens with zero attached hydrogens (tertiary/aromatic N) is 2. The first kappa shape index (κ1) is 12.7. The number of carbonyl (C=O) groups excluding carboxylic acids is 1. The number of rotatable bonds is 3. The van der Waals surface area contributed by atoms with E-state index in [2.05, 4.69) is 0 Å². The van der Waals surface area contributed by atoms with Crippen molar-refractivity contribution in [1.29, 1.82) is 0 Å². The van der Waals surface area contributed by atoms with Gasteiger partial charge in [-0.25, -0.2) is 4.79 Å². The highest BCUT2D eigenvalue weighted by atomic mass is 16.7. The van der Waals surface area contributed by atoms with Gasteiger partial charge in [0.1, 0.15) is 6.04 Å². The lowest BCUT2D eigenvalue weighted by Gasteiger charge is -2.20. The van der Waals surface area contributed by atoms with Crippen LogP contribution in [0.2, 0.25) is 0 Å². The van der Waals surface area contributed by atoms with Gasteiger partial charge in [0.25, 0.3) is 0 Å². The molecule has 1 aromatic heterocycles. The molecule has 0 saturated carbocycles. The molecule has 2 heterocycles. The normalized spacial score (nSPS) is 17.8. The highest BCUT2D eigenvalue weighted by Crippen LogP contribution is 2.39. The van der Waals surface area contributed by atoms with Crippen LogP contribution in [0.5, 0.6) is 0 Å². The van der Waals surface area contributed by atoms with Crippen molar-refractivity contribution in [1.82, 2.24) is 9.63 Å². The van der Waals surface area contributed by atoms with Gasteiger partial charge >= 0.3 is 12.0 Å². The van der Waals surface area contributed by atoms with Crippen LogP contribution in [0.3, 0.4) is 0 Å². The number of aryl methyl sites for hydroxylation is 1. The van der Waals surface area contributed by atoms with Crippen LogP contribution in [-0.2, 0) is 9.63 Å². The quantitative estimate of drug-likeness (QED) is 0.932. The van der Waals surface area contributed by atoms with Crippen LogP contribution in [0.15, 0.2) is 24.3 Å². The summed E-state index contributed by atoms with van der Waals surface area (Å²) in [6.45, 7) is 1.90. The number of aromatic nitrogens is 1. The van der Waals surface area contributed by atoms with Crippen LogP contribution < -0.4 is 0 Å². The Hall–Kier alpha value is -2.34. The van der Waals surface area contributed by atoms with Crippen molar-refractivity contribution in [3.8, 4) is 0 Å². The van der Waals surface area contributed by atoms with Gasteiger partial charge in [0, 0.05) is 5.39 Å². The van der Waals surface area contributed by atoms with E-state index in [-0.39, 0.29) is 12.5 Å². The molecule has 2 aromatic rings. The molecule has 0 radical (unpaired) electrons. The molecule has 1 amide bonds. The molecule has 3 rings (SSSR count). The number of fused-ring (bicyclic) bond motifs is 3. The van der Waals surface area contributed by atoms with Gasteiger partial charge < -0.3 is 5.11 Å². The van der Waals surface area contributed by atoms with Crippen LogP contribution in [0.4, 0.5) is 4.79 Å². The van der Waals surface area contributed by atoms with E-state index in [1.54, 1.807) is 4.57 Å². The number of benzene rings is 1. The van der Waals surface area contributed by atoms with Crippen LogP contribution in [0.25, 0.3) is 10.9 Å². The molecule has 6 heteroatoms. The van der Waals surface area contributed by atoms with E-state index in [1.807, 2.05) is 31.2 Å². The van der Waals surface area contributed by atoms with Crippen molar-refractivity contribution in [3.05, 3.63) is 35.5 Å². The Kier molecular flexibility index (Phi) is 2.76. The molecule has 1 aliphatic rings. The molecule has 6 nitrogen and oxygen atoms in total. The summed E-state index contributed by atoms with van der Waals surface area (Å²) in [7, 11) is 1.37. The van der Waals surface area contributed by atoms with E-state index >= 15 is 0 Å². The van der Waals surface area contributed by atoms with Gasteiger partial charge in [0.2, 0.25) is 0 Å². The Morgan fingerprint density at radius 3 is 2.75 bits per heavy atom. The number of carbonyl (C=O) groups is 2. The van der Waals surface area contributed by atoms with Crippen molar-refractivity contribution in [3.63, 3.8) is 0 Å². The number of hydrogen-bond acceptors (Lipinski definition) is 3. The largest absolute Gasteiger partial charge is 0.481 e. The molecule has 0 fully saturated rings. The average molecular weight is 274 g/mol. The number of para-hydroxylation sites is 1. The van der Waals surface area contributed by atoms with E-state index in [9.17, 15) is 9.59 Å². The van der Waals surface area contributed by atoms with Crippen LogP contribution in [0, 0.1) is 6.92 Å². The smallest absolute Gasteiger partial charge is 0.353 e. The zero-order valence-electron chi connectivity index (χ0n) is 11.2. The fraction of sp³-hybridized carbons (Fsp3) is 0.286. The molecular weight excluding hydrogens is 260 g/mol.